The minimum atomic E-state index is 0.873. The Morgan fingerprint density at radius 3 is 2.21 bits per heavy atom. The van der Waals surface area contributed by atoms with E-state index in [9.17, 15) is 0 Å². The Balaban J connectivity index is 1.47. The van der Waals surface area contributed by atoms with Crippen molar-refractivity contribution in [3.63, 3.8) is 0 Å². The smallest absolute Gasteiger partial charge is 0.227 e. The van der Waals surface area contributed by atoms with Crippen molar-refractivity contribution < 1.29 is 0 Å². The molecule has 0 unspecified atom stereocenters. The highest BCUT2D eigenvalue weighted by molar-refractivity contribution is 5.48. The molecule has 6 heteroatoms. The van der Waals surface area contributed by atoms with Crippen molar-refractivity contribution >= 4 is 17.6 Å². The summed E-state index contributed by atoms with van der Waals surface area (Å²) in [6.07, 6.45) is 4.38. The minimum Gasteiger partial charge on any atom is -0.356 e. The van der Waals surface area contributed by atoms with Crippen LogP contribution >= 0.6 is 0 Å². The zero-order valence-electron chi connectivity index (χ0n) is 14.2. The van der Waals surface area contributed by atoms with E-state index in [2.05, 4.69) is 43.7 Å². The second kappa shape index (κ2) is 6.63. The topological polar surface area (TPSA) is 48.4 Å². The standard InChI is InChI=1S/C18H24N6/c1-15-14-17(22-8-4-5-9-22)21-18(20-15)24-12-10-23(11-13-24)16-6-2-3-7-19-16/h2-3,6-7,14H,4-5,8-13H2,1H3. The van der Waals surface area contributed by atoms with E-state index < -0.39 is 0 Å². The summed E-state index contributed by atoms with van der Waals surface area (Å²) in [5, 5.41) is 0. The van der Waals surface area contributed by atoms with E-state index in [4.69, 9.17) is 4.98 Å². The lowest BCUT2D eigenvalue weighted by atomic mass is 10.3. The molecule has 0 atom stereocenters. The van der Waals surface area contributed by atoms with Crippen LogP contribution < -0.4 is 14.7 Å². The van der Waals surface area contributed by atoms with Crippen LogP contribution in [0.2, 0.25) is 0 Å². The molecule has 2 aliphatic rings. The van der Waals surface area contributed by atoms with Crippen molar-refractivity contribution in [1.82, 2.24) is 15.0 Å². The molecular formula is C18H24N6. The molecule has 2 saturated heterocycles. The van der Waals surface area contributed by atoms with E-state index in [1.807, 2.05) is 18.3 Å². The van der Waals surface area contributed by atoms with Gasteiger partial charge in [0.25, 0.3) is 0 Å². The normalized spacial score (nSPS) is 18.3. The van der Waals surface area contributed by atoms with Gasteiger partial charge in [-0.3, -0.25) is 0 Å². The number of nitrogens with zero attached hydrogens (tertiary/aromatic N) is 6. The van der Waals surface area contributed by atoms with Gasteiger partial charge in [-0.05, 0) is 31.9 Å². The van der Waals surface area contributed by atoms with Crippen LogP contribution in [0.25, 0.3) is 0 Å². The summed E-state index contributed by atoms with van der Waals surface area (Å²) in [6, 6.07) is 8.18. The van der Waals surface area contributed by atoms with Crippen molar-refractivity contribution in [2.75, 3.05) is 54.0 Å². The number of rotatable bonds is 3. The first-order valence-corrected chi connectivity index (χ1v) is 8.81. The summed E-state index contributed by atoms with van der Waals surface area (Å²) in [5.74, 6) is 3.01. The molecule has 2 fully saturated rings. The molecule has 0 saturated carbocycles. The molecule has 24 heavy (non-hydrogen) atoms. The van der Waals surface area contributed by atoms with Gasteiger partial charge in [0.1, 0.15) is 11.6 Å². The molecule has 4 heterocycles. The lowest BCUT2D eigenvalue weighted by Crippen LogP contribution is -2.47. The maximum absolute atomic E-state index is 4.84. The highest BCUT2D eigenvalue weighted by Gasteiger charge is 2.22. The average molecular weight is 324 g/mol. The monoisotopic (exact) mass is 324 g/mol. The first kappa shape index (κ1) is 15.2. The van der Waals surface area contributed by atoms with Gasteiger partial charge in [-0.25, -0.2) is 9.97 Å². The van der Waals surface area contributed by atoms with Crippen LogP contribution in [0.15, 0.2) is 30.5 Å². The largest absolute Gasteiger partial charge is 0.356 e. The lowest BCUT2D eigenvalue weighted by molar-refractivity contribution is 0.633. The van der Waals surface area contributed by atoms with Gasteiger partial charge in [0.15, 0.2) is 0 Å². The summed E-state index contributed by atoms with van der Waals surface area (Å²) in [6.45, 7) is 8.06. The van der Waals surface area contributed by atoms with E-state index in [-0.39, 0.29) is 0 Å². The quantitative estimate of drug-likeness (QED) is 0.862. The van der Waals surface area contributed by atoms with Crippen molar-refractivity contribution in [3.8, 4) is 0 Å². The van der Waals surface area contributed by atoms with Gasteiger partial charge in [-0.2, -0.15) is 4.98 Å². The number of aromatic nitrogens is 3. The van der Waals surface area contributed by atoms with Gasteiger partial charge >= 0.3 is 0 Å². The van der Waals surface area contributed by atoms with E-state index in [0.717, 1.165) is 62.5 Å². The number of hydrogen-bond acceptors (Lipinski definition) is 6. The Hall–Kier alpha value is -2.37. The van der Waals surface area contributed by atoms with E-state index >= 15 is 0 Å². The number of piperazine rings is 1. The highest BCUT2D eigenvalue weighted by atomic mass is 15.3. The third kappa shape index (κ3) is 3.13. The molecule has 0 aliphatic carbocycles. The van der Waals surface area contributed by atoms with Crippen LogP contribution in [0.4, 0.5) is 17.6 Å². The van der Waals surface area contributed by atoms with Gasteiger partial charge in [-0.15, -0.1) is 0 Å². The summed E-state index contributed by atoms with van der Waals surface area (Å²) >= 11 is 0. The third-order valence-corrected chi connectivity index (χ3v) is 4.79. The zero-order valence-corrected chi connectivity index (χ0v) is 14.2. The van der Waals surface area contributed by atoms with Crippen molar-refractivity contribution in [3.05, 3.63) is 36.2 Å². The fourth-order valence-corrected chi connectivity index (χ4v) is 3.46. The Bertz CT molecular complexity index is 675. The van der Waals surface area contributed by atoms with E-state index in [1.54, 1.807) is 0 Å². The molecule has 0 amide bonds. The second-order valence-corrected chi connectivity index (χ2v) is 6.52. The Labute approximate surface area is 143 Å². The van der Waals surface area contributed by atoms with Gasteiger partial charge < -0.3 is 14.7 Å². The molecule has 0 N–H and O–H groups in total. The summed E-state index contributed by atoms with van der Waals surface area (Å²) in [4.78, 5) is 21.0. The molecule has 2 aromatic rings. The Morgan fingerprint density at radius 1 is 0.792 bits per heavy atom. The number of hydrogen-bond donors (Lipinski definition) is 0. The molecule has 2 aliphatic heterocycles. The fraction of sp³-hybridized carbons (Fsp3) is 0.500. The third-order valence-electron chi connectivity index (χ3n) is 4.79. The molecule has 0 aromatic carbocycles. The van der Waals surface area contributed by atoms with Crippen molar-refractivity contribution in [2.24, 2.45) is 0 Å². The molecule has 2 aromatic heterocycles. The minimum absolute atomic E-state index is 0.873. The van der Waals surface area contributed by atoms with Gasteiger partial charge in [-0.1, -0.05) is 6.07 Å². The Morgan fingerprint density at radius 2 is 1.50 bits per heavy atom. The number of aryl methyl sites for hydroxylation is 1. The Kier molecular flexibility index (Phi) is 4.19. The van der Waals surface area contributed by atoms with Crippen LogP contribution in [0, 0.1) is 6.92 Å². The first-order valence-electron chi connectivity index (χ1n) is 8.81. The maximum atomic E-state index is 4.84. The molecule has 4 rings (SSSR count). The predicted octanol–water partition coefficient (Wildman–Crippen LogP) is 2.11. The maximum Gasteiger partial charge on any atom is 0.227 e. The summed E-state index contributed by atoms with van der Waals surface area (Å²) < 4.78 is 0. The zero-order chi connectivity index (χ0) is 16.4. The summed E-state index contributed by atoms with van der Waals surface area (Å²) in [5.41, 5.74) is 1.05. The number of anilines is 3. The fourth-order valence-electron chi connectivity index (χ4n) is 3.46. The molecule has 6 nitrogen and oxygen atoms in total. The molecule has 0 radical (unpaired) electrons. The van der Waals surface area contributed by atoms with Gasteiger partial charge in [0, 0.05) is 57.2 Å². The van der Waals surface area contributed by atoms with Gasteiger partial charge in [0.2, 0.25) is 5.95 Å². The van der Waals surface area contributed by atoms with Crippen LogP contribution in [0.5, 0.6) is 0 Å². The molecule has 126 valence electrons. The highest BCUT2D eigenvalue weighted by Crippen LogP contribution is 2.22. The van der Waals surface area contributed by atoms with Crippen LogP contribution in [-0.2, 0) is 0 Å². The SMILES string of the molecule is Cc1cc(N2CCCC2)nc(N2CCN(c3ccccn3)CC2)n1. The lowest BCUT2D eigenvalue weighted by Gasteiger charge is -2.35. The van der Waals surface area contributed by atoms with Crippen LogP contribution in [0.3, 0.4) is 0 Å². The summed E-state index contributed by atoms with van der Waals surface area (Å²) in [7, 11) is 0. The van der Waals surface area contributed by atoms with Gasteiger partial charge in [0.05, 0.1) is 0 Å². The molecule has 0 bridgehead atoms. The number of pyridine rings is 1. The van der Waals surface area contributed by atoms with E-state index in [1.165, 1.54) is 12.8 Å². The van der Waals surface area contributed by atoms with Crippen molar-refractivity contribution in [2.45, 2.75) is 19.8 Å². The van der Waals surface area contributed by atoms with Crippen LogP contribution in [-0.4, -0.2) is 54.2 Å². The second-order valence-electron chi connectivity index (χ2n) is 6.52. The van der Waals surface area contributed by atoms with Crippen molar-refractivity contribution in [1.29, 1.82) is 0 Å². The first-order chi connectivity index (χ1) is 11.8. The average Bonchev–Trinajstić information content (AvgIpc) is 3.17. The predicted molar refractivity (Wildman–Crippen MR) is 96.9 cm³/mol. The van der Waals surface area contributed by atoms with E-state index in [0.29, 0.717) is 0 Å². The van der Waals surface area contributed by atoms with Crippen LogP contribution in [0.1, 0.15) is 18.5 Å². The molecular weight excluding hydrogens is 300 g/mol. The molecule has 0 spiro atoms.